The maximum atomic E-state index is 12.7. The van der Waals surface area contributed by atoms with E-state index in [0.29, 0.717) is 16.3 Å². The Hall–Kier alpha value is -3.87. The first kappa shape index (κ1) is 16.3. The number of phenols is 4. The summed E-state index contributed by atoms with van der Waals surface area (Å²) in [5.74, 6) is -1.01. The van der Waals surface area contributed by atoms with Gasteiger partial charge in [-0.15, -0.1) is 0 Å². The predicted octanol–water partition coefficient (Wildman–Crippen LogP) is 4.11. The average Bonchev–Trinajstić information content (AvgIpc) is 3.00. The van der Waals surface area contributed by atoms with Crippen LogP contribution in [0.2, 0.25) is 0 Å². The van der Waals surface area contributed by atoms with E-state index in [1.165, 1.54) is 30.3 Å². The standard InChI is InChI=1S/C21H14O7/c22-10-3-1-9(2-4-10)17-8-16(26)19-15(25)6-12-11-5-13(23)14(24)7-18(11)28-20(12)21(19)27-17/h1-7,17,22-25H,8H2. The summed E-state index contributed by atoms with van der Waals surface area (Å²) in [6, 6.07) is 10.3. The Balaban J connectivity index is 1.74. The lowest BCUT2D eigenvalue weighted by molar-refractivity contribution is 0.0846. The summed E-state index contributed by atoms with van der Waals surface area (Å²) < 4.78 is 11.8. The molecule has 4 aromatic rings. The van der Waals surface area contributed by atoms with Gasteiger partial charge >= 0.3 is 0 Å². The molecule has 2 heterocycles. The molecule has 28 heavy (non-hydrogen) atoms. The third-order valence-electron chi connectivity index (χ3n) is 4.97. The lowest BCUT2D eigenvalue weighted by atomic mass is 9.94. The predicted molar refractivity (Wildman–Crippen MR) is 99.1 cm³/mol. The highest BCUT2D eigenvalue weighted by Crippen LogP contribution is 2.48. The van der Waals surface area contributed by atoms with E-state index in [0.717, 1.165) is 0 Å². The maximum Gasteiger partial charge on any atom is 0.178 e. The molecular formula is C21H14O7. The van der Waals surface area contributed by atoms with Gasteiger partial charge in [0.25, 0.3) is 0 Å². The van der Waals surface area contributed by atoms with Crippen LogP contribution in [0.4, 0.5) is 0 Å². The molecule has 0 aliphatic carbocycles. The molecule has 1 unspecified atom stereocenters. The Labute approximate surface area is 157 Å². The van der Waals surface area contributed by atoms with Gasteiger partial charge in [0.2, 0.25) is 0 Å². The van der Waals surface area contributed by atoms with Gasteiger partial charge in [-0.2, -0.15) is 0 Å². The molecular weight excluding hydrogens is 364 g/mol. The minimum atomic E-state index is -0.611. The fourth-order valence-corrected chi connectivity index (χ4v) is 3.60. The van der Waals surface area contributed by atoms with Gasteiger partial charge in [-0.3, -0.25) is 4.79 Å². The molecule has 0 radical (unpaired) electrons. The van der Waals surface area contributed by atoms with Gasteiger partial charge in [0, 0.05) is 16.8 Å². The Morgan fingerprint density at radius 2 is 1.54 bits per heavy atom. The zero-order chi connectivity index (χ0) is 19.6. The van der Waals surface area contributed by atoms with Crippen molar-refractivity contribution in [3.05, 3.63) is 53.6 Å². The van der Waals surface area contributed by atoms with Crippen LogP contribution in [0.3, 0.4) is 0 Å². The van der Waals surface area contributed by atoms with Crippen LogP contribution in [0.1, 0.15) is 28.4 Å². The van der Waals surface area contributed by atoms with E-state index in [1.54, 1.807) is 12.1 Å². The molecule has 140 valence electrons. The van der Waals surface area contributed by atoms with Crippen molar-refractivity contribution in [3.63, 3.8) is 0 Å². The molecule has 0 saturated carbocycles. The summed E-state index contributed by atoms with van der Waals surface area (Å²) in [5.41, 5.74) is 1.25. The molecule has 0 spiro atoms. The van der Waals surface area contributed by atoms with Crippen molar-refractivity contribution < 1.29 is 34.4 Å². The van der Waals surface area contributed by atoms with E-state index >= 15 is 0 Å². The number of benzene rings is 3. The molecule has 0 saturated heterocycles. The summed E-state index contributed by atoms with van der Waals surface area (Å²) in [5, 5.41) is 40.3. The highest BCUT2D eigenvalue weighted by atomic mass is 16.5. The average molecular weight is 378 g/mol. The number of hydrogen-bond donors (Lipinski definition) is 4. The molecule has 0 bridgehead atoms. The SMILES string of the molecule is O=C1CC(c2ccc(O)cc2)Oc2c1c(O)cc1c2oc2cc(O)c(O)cc21. The molecule has 5 rings (SSSR count). The number of phenolic OH excluding ortho intramolecular Hbond substituents is 4. The van der Waals surface area contributed by atoms with Gasteiger partial charge in [0.1, 0.15) is 28.7 Å². The van der Waals surface area contributed by atoms with Crippen LogP contribution in [0.25, 0.3) is 21.9 Å². The van der Waals surface area contributed by atoms with Crippen molar-refractivity contribution in [3.8, 4) is 28.7 Å². The van der Waals surface area contributed by atoms with Gasteiger partial charge < -0.3 is 29.6 Å². The quantitative estimate of drug-likeness (QED) is 0.368. The van der Waals surface area contributed by atoms with Crippen LogP contribution in [-0.2, 0) is 0 Å². The van der Waals surface area contributed by atoms with Crippen molar-refractivity contribution in [2.45, 2.75) is 12.5 Å². The second kappa shape index (κ2) is 5.56. The number of Topliss-reactive ketones (excluding diaryl/α,β-unsaturated/α-hetero) is 1. The molecule has 1 aliphatic rings. The molecule has 1 aliphatic heterocycles. The minimum Gasteiger partial charge on any atom is -0.508 e. The second-order valence-corrected chi connectivity index (χ2v) is 6.74. The van der Waals surface area contributed by atoms with Crippen LogP contribution in [0.5, 0.6) is 28.7 Å². The van der Waals surface area contributed by atoms with Gasteiger partial charge in [-0.25, -0.2) is 0 Å². The highest BCUT2D eigenvalue weighted by Gasteiger charge is 2.34. The number of ketones is 1. The summed E-state index contributed by atoms with van der Waals surface area (Å²) in [7, 11) is 0. The third kappa shape index (κ3) is 2.26. The molecule has 0 fully saturated rings. The van der Waals surface area contributed by atoms with E-state index in [9.17, 15) is 25.2 Å². The molecule has 0 amide bonds. The van der Waals surface area contributed by atoms with E-state index in [1.807, 2.05) is 0 Å². The van der Waals surface area contributed by atoms with E-state index in [-0.39, 0.29) is 57.7 Å². The number of furan rings is 1. The van der Waals surface area contributed by atoms with E-state index in [4.69, 9.17) is 9.15 Å². The van der Waals surface area contributed by atoms with Crippen molar-refractivity contribution in [1.29, 1.82) is 0 Å². The zero-order valence-electron chi connectivity index (χ0n) is 14.3. The van der Waals surface area contributed by atoms with Crippen LogP contribution in [-0.4, -0.2) is 26.2 Å². The van der Waals surface area contributed by atoms with Crippen LogP contribution in [0.15, 0.2) is 46.9 Å². The molecule has 7 heteroatoms. The summed E-state index contributed by atoms with van der Waals surface area (Å²) in [4.78, 5) is 12.7. The van der Waals surface area contributed by atoms with Crippen molar-refractivity contribution in [2.75, 3.05) is 0 Å². The first-order valence-electron chi connectivity index (χ1n) is 8.55. The van der Waals surface area contributed by atoms with Crippen LogP contribution >= 0.6 is 0 Å². The Morgan fingerprint density at radius 1 is 0.857 bits per heavy atom. The van der Waals surface area contributed by atoms with Gasteiger partial charge in [-0.1, -0.05) is 12.1 Å². The minimum absolute atomic E-state index is 0.0264. The van der Waals surface area contributed by atoms with Crippen molar-refractivity contribution in [2.24, 2.45) is 0 Å². The van der Waals surface area contributed by atoms with Crippen LogP contribution < -0.4 is 4.74 Å². The second-order valence-electron chi connectivity index (χ2n) is 6.74. The molecule has 4 N–H and O–H groups in total. The highest BCUT2D eigenvalue weighted by molar-refractivity contribution is 6.14. The lowest BCUT2D eigenvalue weighted by Gasteiger charge is -2.26. The number of fused-ring (bicyclic) bond motifs is 5. The number of aromatic hydroxyl groups is 4. The van der Waals surface area contributed by atoms with Gasteiger partial charge in [0.05, 0.1) is 6.42 Å². The Morgan fingerprint density at radius 3 is 2.29 bits per heavy atom. The normalized spacial score (nSPS) is 16.3. The van der Waals surface area contributed by atoms with Crippen LogP contribution in [0, 0.1) is 0 Å². The lowest BCUT2D eigenvalue weighted by Crippen LogP contribution is -2.20. The first-order valence-corrected chi connectivity index (χ1v) is 8.55. The summed E-state index contributed by atoms with van der Waals surface area (Å²) in [6.45, 7) is 0. The number of hydrogen-bond acceptors (Lipinski definition) is 7. The van der Waals surface area contributed by atoms with Crippen molar-refractivity contribution in [1.82, 2.24) is 0 Å². The number of carbonyl (C=O) groups is 1. The fraction of sp³-hybridized carbons (Fsp3) is 0.0952. The van der Waals surface area contributed by atoms with Gasteiger partial charge in [-0.05, 0) is 29.8 Å². The maximum absolute atomic E-state index is 12.7. The molecule has 1 atom stereocenters. The molecule has 3 aromatic carbocycles. The van der Waals surface area contributed by atoms with Crippen molar-refractivity contribution >= 4 is 27.7 Å². The number of carbonyl (C=O) groups excluding carboxylic acids is 1. The summed E-state index contributed by atoms with van der Waals surface area (Å²) >= 11 is 0. The fourth-order valence-electron chi connectivity index (χ4n) is 3.60. The van der Waals surface area contributed by atoms with E-state index < -0.39 is 6.10 Å². The topological polar surface area (TPSA) is 120 Å². The van der Waals surface area contributed by atoms with E-state index in [2.05, 4.69) is 0 Å². The number of ether oxygens (including phenoxy) is 1. The first-order chi connectivity index (χ1) is 13.4. The number of rotatable bonds is 1. The Kier molecular flexibility index (Phi) is 3.24. The monoisotopic (exact) mass is 378 g/mol. The zero-order valence-corrected chi connectivity index (χ0v) is 14.3. The Bertz CT molecular complexity index is 1270. The largest absolute Gasteiger partial charge is 0.508 e. The summed E-state index contributed by atoms with van der Waals surface area (Å²) in [6.07, 6.45) is -0.584. The third-order valence-corrected chi connectivity index (χ3v) is 4.97. The smallest absolute Gasteiger partial charge is 0.178 e. The molecule has 1 aromatic heterocycles. The van der Waals surface area contributed by atoms with Gasteiger partial charge in [0.15, 0.2) is 28.6 Å². The molecule has 7 nitrogen and oxygen atoms in total.